The maximum Gasteiger partial charge on any atom is 0.0848 e. The van der Waals surface area contributed by atoms with E-state index >= 15 is 0 Å². The van der Waals surface area contributed by atoms with Gasteiger partial charge in [-0.2, -0.15) is 0 Å². The summed E-state index contributed by atoms with van der Waals surface area (Å²) in [5, 5.41) is 10.3. The molecule has 0 saturated carbocycles. The molecule has 1 aromatic heterocycles. The summed E-state index contributed by atoms with van der Waals surface area (Å²) in [6.07, 6.45) is 8.86. The van der Waals surface area contributed by atoms with Gasteiger partial charge in [0.1, 0.15) is 0 Å². The third-order valence-electron chi connectivity index (χ3n) is 3.94. The standard InChI is InChI=1S/C20H25N3S.CH4O/c1-6-19(24-16(4)17-10-8-12-22-13-17)15(3)23-20-14(2)9-7-11-18(20)21-5;1-2/h6,8,10,12-13,21H,2,4,7,9,11H2,1,3,5H3;2H,1H3/b19-6-,23-15?;. The molecule has 0 bridgehead atoms. The Balaban J connectivity index is 0.00000163. The molecule has 0 aromatic carbocycles. The van der Waals surface area contributed by atoms with Crippen LogP contribution in [0.2, 0.25) is 0 Å². The first-order chi connectivity index (χ1) is 12.6. The van der Waals surface area contributed by atoms with Crippen molar-refractivity contribution in [2.45, 2.75) is 33.1 Å². The van der Waals surface area contributed by atoms with Gasteiger partial charge in [0.2, 0.25) is 0 Å². The highest BCUT2D eigenvalue weighted by molar-refractivity contribution is 8.12. The molecule has 2 rings (SSSR count). The third-order valence-corrected chi connectivity index (χ3v) is 5.18. The molecule has 26 heavy (non-hydrogen) atoms. The average Bonchev–Trinajstić information content (AvgIpc) is 2.69. The molecule has 2 N–H and O–H groups in total. The van der Waals surface area contributed by atoms with Gasteiger partial charge < -0.3 is 10.4 Å². The van der Waals surface area contributed by atoms with Crippen LogP contribution in [0, 0.1) is 0 Å². The van der Waals surface area contributed by atoms with Gasteiger partial charge in [0, 0.05) is 47.6 Å². The Labute approximate surface area is 161 Å². The molecule has 1 aliphatic carbocycles. The van der Waals surface area contributed by atoms with Crippen LogP contribution in [0.5, 0.6) is 0 Å². The maximum absolute atomic E-state index is 7.00. The van der Waals surface area contributed by atoms with E-state index in [0.717, 1.165) is 58.7 Å². The van der Waals surface area contributed by atoms with Crippen molar-refractivity contribution < 1.29 is 5.11 Å². The Morgan fingerprint density at radius 3 is 2.69 bits per heavy atom. The van der Waals surface area contributed by atoms with Crippen molar-refractivity contribution in [2.24, 2.45) is 4.99 Å². The van der Waals surface area contributed by atoms with Gasteiger partial charge in [-0.1, -0.05) is 37.1 Å². The molecule has 0 unspecified atom stereocenters. The van der Waals surface area contributed by atoms with E-state index in [1.807, 2.05) is 39.2 Å². The Bertz CT molecular complexity index is 718. The Hall–Kier alpha value is -2.11. The molecule has 0 aliphatic heterocycles. The molecule has 5 heteroatoms. The summed E-state index contributed by atoms with van der Waals surface area (Å²) in [6, 6.07) is 3.94. The summed E-state index contributed by atoms with van der Waals surface area (Å²) >= 11 is 1.63. The minimum atomic E-state index is 0.969. The Morgan fingerprint density at radius 2 is 2.12 bits per heavy atom. The number of allylic oxidation sites excluding steroid dienone is 4. The highest BCUT2D eigenvalue weighted by Crippen LogP contribution is 2.34. The van der Waals surface area contributed by atoms with Crippen LogP contribution in [0.1, 0.15) is 38.7 Å². The highest BCUT2D eigenvalue weighted by Gasteiger charge is 2.16. The van der Waals surface area contributed by atoms with Gasteiger partial charge in [0.15, 0.2) is 0 Å². The lowest BCUT2D eigenvalue weighted by atomic mass is 9.97. The van der Waals surface area contributed by atoms with Crippen LogP contribution in [-0.2, 0) is 0 Å². The molecular formula is C21H29N3OS. The number of aliphatic imine (C=N–C) groups is 1. The number of hydrogen-bond acceptors (Lipinski definition) is 5. The van der Waals surface area contributed by atoms with Crippen LogP contribution >= 0.6 is 11.8 Å². The molecule has 1 aromatic rings. The second-order valence-corrected chi connectivity index (χ2v) is 6.79. The van der Waals surface area contributed by atoms with Crippen LogP contribution < -0.4 is 5.32 Å². The lowest BCUT2D eigenvalue weighted by Gasteiger charge is -2.20. The van der Waals surface area contributed by atoms with Crippen molar-refractivity contribution in [1.29, 1.82) is 0 Å². The third kappa shape index (κ3) is 6.00. The van der Waals surface area contributed by atoms with Gasteiger partial charge in [-0.05, 0) is 44.7 Å². The number of aliphatic hydroxyl groups excluding tert-OH is 1. The molecule has 140 valence electrons. The Morgan fingerprint density at radius 1 is 1.38 bits per heavy atom. The van der Waals surface area contributed by atoms with E-state index in [1.54, 1.807) is 18.0 Å². The topological polar surface area (TPSA) is 57.5 Å². The zero-order chi connectivity index (χ0) is 19.5. The summed E-state index contributed by atoms with van der Waals surface area (Å²) in [5.41, 5.74) is 5.31. The lowest BCUT2D eigenvalue weighted by Crippen LogP contribution is -2.14. The smallest absolute Gasteiger partial charge is 0.0848 e. The minimum Gasteiger partial charge on any atom is -0.400 e. The number of nitrogens with one attached hydrogen (secondary N) is 1. The van der Waals surface area contributed by atoms with E-state index < -0.39 is 0 Å². The van der Waals surface area contributed by atoms with Gasteiger partial charge in [-0.15, -0.1) is 0 Å². The van der Waals surface area contributed by atoms with Crippen molar-refractivity contribution in [2.75, 3.05) is 14.2 Å². The largest absolute Gasteiger partial charge is 0.400 e. The average molecular weight is 372 g/mol. The molecule has 0 atom stereocenters. The zero-order valence-electron chi connectivity index (χ0n) is 16.2. The zero-order valence-corrected chi connectivity index (χ0v) is 17.0. The van der Waals surface area contributed by atoms with Crippen LogP contribution in [0.3, 0.4) is 0 Å². The van der Waals surface area contributed by atoms with Crippen LogP contribution in [0.25, 0.3) is 4.91 Å². The van der Waals surface area contributed by atoms with E-state index in [-0.39, 0.29) is 0 Å². The quantitative estimate of drug-likeness (QED) is 0.696. The fourth-order valence-corrected chi connectivity index (χ4v) is 3.42. The fraction of sp³-hybridized carbons (Fsp3) is 0.333. The minimum absolute atomic E-state index is 0.969. The van der Waals surface area contributed by atoms with E-state index in [0.29, 0.717) is 0 Å². The van der Waals surface area contributed by atoms with Crippen molar-refractivity contribution in [3.8, 4) is 0 Å². The number of pyridine rings is 1. The van der Waals surface area contributed by atoms with Crippen LogP contribution in [0.4, 0.5) is 0 Å². The van der Waals surface area contributed by atoms with Crippen molar-refractivity contribution in [1.82, 2.24) is 10.3 Å². The summed E-state index contributed by atoms with van der Waals surface area (Å²) in [4.78, 5) is 11.1. The molecule has 0 saturated heterocycles. The SMILES string of the molecule is C=C1CCCC(NC)=C1N=C(C)/C(=C/C)SC(=C)c1cccnc1.CO. The lowest BCUT2D eigenvalue weighted by molar-refractivity contribution is 0.399. The van der Waals surface area contributed by atoms with Crippen molar-refractivity contribution in [3.05, 3.63) is 71.2 Å². The number of nitrogens with zero attached hydrogens (tertiary/aromatic N) is 2. The number of hydrogen-bond donors (Lipinski definition) is 2. The Kier molecular flexibility index (Phi) is 9.70. The molecule has 4 nitrogen and oxygen atoms in total. The first-order valence-electron chi connectivity index (χ1n) is 8.59. The predicted molar refractivity (Wildman–Crippen MR) is 115 cm³/mol. The summed E-state index contributed by atoms with van der Waals surface area (Å²) in [7, 11) is 2.95. The molecule has 0 fully saturated rings. The van der Waals surface area contributed by atoms with Crippen LogP contribution in [0.15, 0.2) is 70.6 Å². The first-order valence-corrected chi connectivity index (χ1v) is 9.41. The van der Waals surface area contributed by atoms with E-state index in [2.05, 4.69) is 29.5 Å². The molecule has 1 aliphatic rings. The summed E-state index contributed by atoms with van der Waals surface area (Å²) in [5.74, 6) is 0. The van der Waals surface area contributed by atoms with Gasteiger partial charge in [0.25, 0.3) is 0 Å². The van der Waals surface area contributed by atoms with E-state index in [1.165, 1.54) is 5.70 Å². The number of aliphatic hydroxyl groups is 1. The van der Waals surface area contributed by atoms with Crippen molar-refractivity contribution >= 4 is 22.4 Å². The van der Waals surface area contributed by atoms with Gasteiger partial charge in [-0.25, -0.2) is 0 Å². The predicted octanol–water partition coefficient (Wildman–Crippen LogP) is 4.93. The fourth-order valence-electron chi connectivity index (χ4n) is 2.60. The summed E-state index contributed by atoms with van der Waals surface area (Å²) < 4.78 is 0. The van der Waals surface area contributed by atoms with Gasteiger partial charge >= 0.3 is 0 Å². The molecule has 0 spiro atoms. The molecular weight excluding hydrogens is 342 g/mol. The van der Waals surface area contributed by atoms with Crippen LogP contribution in [-0.4, -0.2) is 30.0 Å². The van der Waals surface area contributed by atoms with Gasteiger partial charge in [-0.3, -0.25) is 9.98 Å². The first kappa shape index (κ1) is 21.9. The molecule has 0 amide bonds. The van der Waals surface area contributed by atoms with E-state index in [4.69, 9.17) is 10.1 Å². The monoisotopic (exact) mass is 371 g/mol. The molecule has 1 heterocycles. The number of thioether (sulfide) groups is 1. The molecule has 0 radical (unpaired) electrons. The second-order valence-electron chi connectivity index (χ2n) is 5.65. The normalized spacial score (nSPS) is 15.3. The maximum atomic E-state index is 7.00. The number of rotatable bonds is 6. The summed E-state index contributed by atoms with van der Waals surface area (Å²) in [6.45, 7) is 12.4. The van der Waals surface area contributed by atoms with Crippen molar-refractivity contribution in [3.63, 3.8) is 0 Å². The van der Waals surface area contributed by atoms with E-state index in [9.17, 15) is 0 Å². The highest BCUT2D eigenvalue weighted by atomic mass is 32.2. The second kappa shape index (κ2) is 11.5. The number of aromatic nitrogens is 1. The van der Waals surface area contributed by atoms with Gasteiger partial charge in [0.05, 0.1) is 11.4 Å².